The van der Waals surface area contributed by atoms with Gasteiger partial charge in [-0.05, 0) is 61.9 Å². The van der Waals surface area contributed by atoms with Crippen LogP contribution in [0.5, 0.6) is 5.75 Å². The van der Waals surface area contributed by atoms with Gasteiger partial charge in [-0.25, -0.2) is 0 Å². The SMILES string of the molecule is CC(C(=O)O)c1ccc(N2Cc3cccc(OC4CCCC4)c3C2=O)cc1. The molecule has 2 aliphatic rings. The fourth-order valence-corrected chi connectivity index (χ4v) is 3.91. The van der Waals surface area contributed by atoms with Gasteiger partial charge in [-0.15, -0.1) is 0 Å². The molecule has 1 aliphatic carbocycles. The third-order valence-electron chi connectivity index (χ3n) is 5.57. The van der Waals surface area contributed by atoms with Crippen LogP contribution < -0.4 is 9.64 Å². The Bertz CT molecular complexity index is 868. The van der Waals surface area contributed by atoms with E-state index in [4.69, 9.17) is 9.84 Å². The Morgan fingerprint density at radius 3 is 2.52 bits per heavy atom. The number of ether oxygens (including phenoxy) is 1. The van der Waals surface area contributed by atoms with Crippen LogP contribution in [-0.4, -0.2) is 23.1 Å². The molecular formula is C22H23NO4. The lowest BCUT2D eigenvalue weighted by Gasteiger charge is -2.18. The van der Waals surface area contributed by atoms with E-state index >= 15 is 0 Å². The lowest BCUT2D eigenvalue weighted by Crippen LogP contribution is -2.23. The van der Waals surface area contributed by atoms with Crippen molar-refractivity contribution in [1.82, 2.24) is 0 Å². The van der Waals surface area contributed by atoms with E-state index in [1.54, 1.807) is 24.0 Å². The number of rotatable bonds is 5. The molecule has 140 valence electrons. The highest BCUT2D eigenvalue weighted by molar-refractivity contribution is 6.11. The molecule has 2 aromatic carbocycles. The number of hydrogen-bond donors (Lipinski definition) is 1. The second kappa shape index (κ2) is 7.06. The fourth-order valence-electron chi connectivity index (χ4n) is 3.91. The highest BCUT2D eigenvalue weighted by Gasteiger charge is 2.32. The van der Waals surface area contributed by atoms with Crippen LogP contribution in [0.2, 0.25) is 0 Å². The number of carbonyl (C=O) groups excluding carboxylic acids is 1. The van der Waals surface area contributed by atoms with Crippen molar-refractivity contribution < 1.29 is 19.4 Å². The minimum atomic E-state index is -0.860. The van der Waals surface area contributed by atoms with Crippen LogP contribution in [0.4, 0.5) is 5.69 Å². The Hall–Kier alpha value is -2.82. The molecule has 0 spiro atoms. The number of hydrogen-bond acceptors (Lipinski definition) is 3. The maximum Gasteiger partial charge on any atom is 0.310 e. The summed E-state index contributed by atoms with van der Waals surface area (Å²) in [6.45, 7) is 2.16. The monoisotopic (exact) mass is 365 g/mol. The van der Waals surface area contributed by atoms with Crippen molar-refractivity contribution in [2.75, 3.05) is 4.90 Å². The normalized spacial score (nSPS) is 17.8. The van der Waals surface area contributed by atoms with E-state index in [1.165, 1.54) is 12.8 Å². The van der Waals surface area contributed by atoms with Gasteiger partial charge in [-0.1, -0.05) is 24.3 Å². The van der Waals surface area contributed by atoms with Gasteiger partial charge in [0.2, 0.25) is 0 Å². The first-order chi connectivity index (χ1) is 13.0. The van der Waals surface area contributed by atoms with Gasteiger partial charge < -0.3 is 14.7 Å². The van der Waals surface area contributed by atoms with Crippen molar-refractivity contribution in [3.8, 4) is 5.75 Å². The number of fused-ring (bicyclic) bond motifs is 1. The smallest absolute Gasteiger partial charge is 0.310 e. The molecular weight excluding hydrogens is 342 g/mol. The first-order valence-electron chi connectivity index (χ1n) is 9.48. The van der Waals surface area contributed by atoms with Crippen molar-refractivity contribution in [2.24, 2.45) is 0 Å². The average molecular weight is 365 g/mol. The summed E-state index contributed by atoms with van der Waals surface area (Å²) in [5.41, 5.74) is 3.12. The van der Waals surface area contributed by atoms with E-state index in [1.807, 2.05) is 30.3 Å². The molecule has 0 radical (unpaired) electrons. The maximum absolute atomic E-state index is 13.1. The number of amides is 1. The molecule has 27 heavy (non-hydrogen) atoms. The quantitative estimate of drug-likeness (QED) is 0.855. The maximum atomic E-state index is 13.1. The summed E-state index contributed by atoms with van der Waals surface area (Å²) in [6.07, 6.45) is 4.66. The Morgan fingerprint density at radius 1 is 1.15 bits per heavy atom. The summed E-state index contributed by atoms with van der Waals surface area (Å²) >= 11 is 0. The topological polar surface area (TPSA) is 66.8 Å². The number of carboxylic acid groups (broad SMARTS) is 1. The summed E-state index contributed by atoms with van der Waals surface area (Å²) < 4.78 is 6.14. The van der Waals surface area contributed by atoms with E-state index in [-0.39, 0.29) is 12.0 Å². The van der Waals surface area contributed by atoms with Crippen LogP contribution in [0, 0.1) is 0 Å². The van der Waals surface area contributed by atoms with Gasteiger partial charge in [0.25, 0.3) is 5.91 Å². The van der Waals surface area contributed by atoms with E-state index in [9.17, 15) is 9.59 Å². The molecule has 1 amide bonds. The van der Waals surface area contributed by atoms with E-state index < -0.39 is 11.9 Å². The van der Waals surface area contributed by atoms with Crippen LogP contribution >= 0.6 is 0 Å². The summed E-state index contributed by atoms with van der Waals surface area (Å²) in [5.74, 6) is -0.807. The lowest BCUT2D eigenvalue weighted by atomic mass is 10.0. The van der Waals surface area contributed by atoms with Gasteiger partial charge in [-0.2, -0.15) is 0 Å². The van der Waals surface area contributed by atoms with Crippen LogP contribution in [0.25, 0.3) is 0 Å². The van der Waals surface area contributed by atoms with Gasteiger partial charge in [0.1, 0.15) is 5.75 Å². The van der Waals surface area contributed by atoms with Gasteiger partial charge in [0.15, 0.2) is 0 Å². The van der Waals surface area contributed by atoms with Crippen molar-refractivity contribution in [3.05, 3.63) is 59.2 Å². The van der Waals surface area contributed by atoms with Gasteiger partial charge in [-0.3, -0.25) is 9.59 Å². The third-order valence-corrected chi connectivity index (χ3v) is 5.57. The Labute approximate surface area is 158 Å². The highest BCUT2D eigenvalue weighted by Crippen LogP contribution is 2.36. The number of carbonyl (C=O) groups is 2. The molecule has 1 N–H and O–H groups in total. The van der Waals surface area contributed by atoms with Crippen LogP contribution in [0.1, 0.15) is 60.0 Å². The summed E-state index contributed by atoms with van der Waals surface area (Å²) in [6, 6.07) is 13.0. The largest absolute Gasteiger partial charge is 0.490 e. The minimum absolute atomic E-state index is 0.0578. The second-order valence-electron chi connectivity index (χ2n) is 7.36. The molecule has 1 fully saturated rings. The molecule has 0 bridgehead atoms. The lowest BCUT2D eigenvalue weighted by molar-refractivity contribution is -0.138. The third kappa shape index (κ3) is 3.29. The second-order valence-corrected chi connectivity index (χ2v) is 7.36. The molecule has 1 aliphatic heterocycles. The van der Waals surface area contributed by atoms with Gasteiger partial charge >= 0.3 is 5.97 Å². The van der Waals surface area contributed by atoms with E-state index in [0.717, 1.165) is 29.7 Å². The molecule has 4 rings (SSSR count). The molecule has 2 aromatic rings. The standard InChI is InChI=1S/C22H23NO4/c1-14(22(25)26)15-9-11-17(12-10-15)23-13-16-5-4-8-19(20(16)21(23)24)27-18-6-2-3-7-18/h4-5,8-12,14,18H,2-3,6-7,13H2,1H3,(H,25,26). The van der Waals surface area contributed by atoms with Crippen LogP contribution in [0.15, 0.2) is 42.5 Å². The zero-order valence-corrected chi connectivity index (χ0v) is 15.4. The minimum Gasteiger partial charge on any atom is -0.490 e. The zero-order valence-electron chi connectivity index (χ0n) is 15.4. The zero-order chi connectivity index (χ0) is 19.0. The predicted molar refractivity (Wildman–Crippen MR) is 102 cm³/mol. The summed E-state index contributed by atoms with van der Waals surface area (Å²) in [5, 5.41) is 9.15. The van der Waals surface area contributed by atoms with Crippen LogP contribution in [-0.2, 0) is 11.3 Å². The predicted octanol–water partition coefficient (Wildman–Crippen LogP) is 4.36. The molecule has 1 atom stereocenters. The van der Waals surface area contributed by atoms with Gasteiger partial charge in [0.05, 0.1) is 24.1 Å². The molecule has 5 nitrogen and oxygen atoms in total. The van der Waals surface area contributed by atoms with Gasteiger partial charge in [0, 0.05) is 5.69 Å². The first kappa shape index (κ1) is 17.6. The Morgan fingerprint density at radius 2 is 1.85 bits per heavy atom. The summed E-state index contributed by atoms with van der Waals surface area (Å²) in [4.78, 5) is 25.9. The highest BCUT2D eigenvalue weighted by atomic mass is 16.5. The number of nitrogens with zero attached hydrogens (tertiary/aromatic N) is 1. The molecule has 0 saturated heterocycles. The molecule has 0 aromatic heterocycles. The first-order valence-corrected chi connectivity index (χ1v) is 9.48. The average Bonchev–Trinajstić information content (AvgIpc) is 3.30. The number of anilines is 1. The summed E-state index contributed by atoms with van der Waals surface area (Å²) in [7, 11) is 0. The van der Waals surface area contributed by atoms with Crippen molar-refractivity contribution in [1.29, 1.82) is 0 Å². The van der Waals surface area contributed by atoms with Crippen molar-refractivity contribution >= 4 is 17.6 Å². The fraction of sp³-hybridized carbons (Fsp3) is 0.364. The Balaban J connectivity index is 1.57. The van der Waals surface area contributed by atoms with E-state index in [2.05, 4.69) is 0 Å². The number of benzene rings is 2. The number of carboxylic acids is 1. The molecule has 5 heteroatoms. The number of aliphatic carboxylic acids is 1. The van der Waals surface area contributed by atoms with E-state index in [0.29, 0.717) is 17.9 Å². The molecule has 1 unspecified atom stereocenters. The molecule has 1 saturated carbocycles. The van der Waals surface area contributed by atoms with Crippen LogP contribution in [0.3, 0.4) is 0 Å². The Kier molecular flexibility index (Phi) is 4.60. The molecule has 1 heterocycles. The van der Waals surface area contributed by atoms with Crippen molar-refractivity contribution in [3.63, 3.8) is 0 Å². The van der Waals surface area contributed by atoms with Crippen molar-refractivity contribution in [2.45, 2.75) is 51.2 Å².